The first-order valence-electron chi connectivity index (χ1n) is 8.58. The maximum absolute atomic E-state index is 12.6. The topological polar surface area (TPSA) is 109 Å². The maximum Gasteiger partial charge on any atom is 0.290 e. The maximum atomic E-state index is 12.6. The predicted octanol–water partition coefficient (Wildman–Crippen LogP) is 3.63. The fraction of sp³-hybridized carbons (Fsp3) is 0.150. The third kappa shape index (κ3) is 4.64. The number of rotatable bonds is 4. The molecular weight excluding hydrogens is 392 g/mol. The van der Waals surface area contributed by atoms with Crippen LogP contribution in [0.3, 0.4) is 0 Å². The Balaban J connectivity index is 0.000000755. The molecule has 4 rings (SSSR count). The van der Waals surface area contributed by atoms with Gasteiger partial charge in [0.2, 0.25) is 0 Å². The van der Waals surface area contributed by atoms with Gasteiger partial charge in [-0.05, 0) is 30.5 Å². The molecule has 1 amide bonds. The molecule has 0 saturated heterocycles. The molecule has 148 valence electrons. The molecule has 1 N–H and O–H groups in total. The van der Waals surface area contributed by atoms with Gasteiger partial charge in [-0.15, -0.1) is 11.3 Å². The van der Waals surface area contributed by atoms with Gasteiger partial charge in [-0.3, -0.25) is 9.59 Å². The van der Waals surface area contributed by atoms with Crippen molar-refractivity contribution in [3.05, 3.63) is 65.1 Å². The number of benzene rings is 1. The molecule has 0 unspecified atom stereocenters. The van der Waals surface area contributed by atoms with Crippen LogP contribution in [-0.4, -0.2) is 44.6 Å². The van der Waals surface area contributed by atoms with E-state index in [1.165, 1.54) is 6.26 Å². The van der Waals surface area contributed by atoms with Crippen LogP contribution in [0.2, 0.25) is 0 Å². The second-order valence-corrected chi connectivity index (χ2v) is 7.01. The molecule has 0 aliphatic heterocycles. The lowest BCUT2D eigenvalue weighted by Gasteiger charge is -2.15. The molecule has 0 saturated carbocycles. The Labute approximate surface area is 170 Å². The number of hydrogen-bond acceptors (Lipinski definition) is 7. The van der Waals surface area contributed by atoms with Crippen molar-refractivity contribution in [2.75, 3.05) is 7.05 Å². The van der Waals surface area contributed by atoms with E-state index in [9.17, 15) is 4.79 Å². The molecule has 4 aromatic rings. The number of fused-ring (bicyclic) bond motifs is 1. The molecule has 29 heavy (non-hydrogen) atoms. The molecule has 3 aromatic heterocycles. The first-order chi connectivity index (χ1) is 14.0. The van der Waals surface area contributed by atoms with Crippen molar-refractivity contribution in [3.63, 3.8) is 0 Å². The van der Waals surface area contributed by atoms with Crippen molar-refractivity contribution in [1.29, 1.82) is 0 Å². The molecule has 0 atom stereocenters. The highest BCUT2D eigenvalue weighted by Gasteiger charge is 2.15. The summed E-state index contributed by atoms with van der Waals surface area (Å²) in [6.45, 7) is 2.04. The van der Waals surface area contributed by atoms with E-state index >= 15 is 0 Å². The van der Waals surface area contributed by atoms with E-state index in [4.69, 9.17) is 14.4 Å². The summed E-state index contributed by atoms with van der Waals surface area (Å²) in [5, 5.41) is 12.7. The SMILES string of the molecule is Cc1nc(-c2ccc(C(=O)N(C)Cc3ccon3)cc2)c2sccc2n1.O=CO. The van der Waals surface area contributed by atoms with Gasteiger partial charge in [-0.25, -0.2) is 9.97 Å². The molecule has 3 heterocycles. The highest BCUT2D eigenvalue weighted by molar-refractivity contribution is 7.17. The van der Waals surface area contributed by atoms with Crippen LogP contribution in [-0.2, 0) is 11.3 Å². The Morgan fingerprint density at radius 2 is 1.93 bits per heavy atom. The Bertz CT molecular complexity index is 1110. The third-order valence-electron chi connectivity index (χ3n) is 4.06. The van der Waals surface area contributed by atoms with Gasteiger partial charge in [0.25, 0.3) is 12.4 Å². The molecule has 0 spiro atoms. The van der Waals surface area contributed by atoms with Crippen molar-refractivity contribution in [1.82, 2.24) is 20.0 Å². The summed E-state index contributed by atoms with van der Waals surface area (Å²) in [7, 11) is 1.74. The minimum atomic E-state index is -0.250. The van der Waals surface area contributed by atoms with Crippen LogP contribution >= 0.6 is 11.3 Å². The number of nitrogens with zero attached hydrogens (tertiary/aromatic N) is 4. The van der Waals surface area contributed by atoms with Crippen LogP contribution in [0.5, 0.6) is 0 Å². The van der Waals surface area contributed by atoms with E-state index in [1.807, 2.05) is 42.6 Å². The van der Waals surface area contributed by atoms with Gasteiger partial charge in [0.05, 0.1) is 22.5 Å². The number of aryl methyl sites for hydroxylation is 1. The molecule has 9 heteroatoms. The van der Waals surface area contributed by atoms with E-state index in [0.29, 0.717) is 17.8 Å². The summed E-state index contributed by atoms with van der Waals surface area (Å²) < 4.78 is 5.86. The monoisotopic (exact) mass is 410 g/mol. The van der Waals surface area contributed by atoms with Gasteiger partial charge in [0, 0.05) is 24.2 Å². The fourth-order valence-electron chi connectivity index (χ4n) is 2.80. The summed E-state index contributed by atoms with van der Waals surface area (Å²) in [4.78, 5) is 31.6. The van der Waals surface area contributed by atoms with E-state index < -0.39 is 0 Å². The molecule has 0 aliphatic rings. The Morgan fingerprint density at radius 3 is 2.59 bits per heavy atom. The summed E-state index contributed by atoms with van der Waals surface area (Å²) in [5.41, 5.74) is 4.16. The van der Waals surface area contributed by atoms with Crippen LogP contribution in [0.25, 0.3) is 21.5 Å². The van der Waals surface area contributed by atoms with E-state index in [0.717, 1.165) is 27.3 Å². The minimum Gasteiger partial charge on any atom is -0.483 e. The lowest BCUT2D eigenvalue weighted by atomic mass is 10.1. The molecule has 8 nitrogen and oxygen atoms in total. The number of hydrogen-bond donors (Lipinski definition) is 1. The Hall–Kier alpha value is -3.59. The zero-order valence-electron chi connectivity index (χ0n) is 15.8. The molecule has 0 aliphatic carbocycles. The van der Waals surface area contributed by atoms with Gasteiger partial charge >= 0.3 is 0 Å². The lowest BCUT2D eigenvalue weighted by molar-refractivity contribution is -0.122. The normalized spacial score (nSPS) is 10.3. The zero-order valence-corrected chi connectivity index (χ0v) is 16.6. The standard InChI is InChI=1S/C19H16N4O2S.CH2O2/c1-12-20-16-8-10-26-18(16)17(21-12)13-3-5-14(6-4-13)19(24)23(2)11-15-7-9-25-22-15;2-1-3/h3-10H,11H2,1-2H3;1H,(H,2,3). The smallest absolute Gasteiger partial charge is 0.290 e. The Kier molecular flexibility index (Phi) is 6.30. The number of carbonyl (C=O) groups is 2. The van der Waals surface area contributed by atoms with Gasteiger partial charge in [-0.1, -0.05) is 17.3 Å². The summed E-state index contributed by atoms with van der Waals surface area (Å²) in [6, 6.07) is 11.3. The van der Waals surface area contributed by atoms with Gasteiger partial charge in [0.15, 0.2) is 0 Å². The average Bonchev–Trinajstić information content (AvgIpc) is 3.39. The van der Waals surface area contributed by atoms with Crippen molar-refractivity contribution in [2.45, 2.75) is 13.5 Å². The van der Waals surface area contributed by atoms with Gasteiger partial charge in [-0.2, -0.15) is 0 Å². The second-order valence-electron chi connectivity index (χ2n) is 6.09. The molecule has 0 radical (unpaired) electrons. The molecule has 0 bridgehead atoms. The van der Waals surface area contributed by atoms with Crippen molar-refractivity contribution >= 4 is 33.9 Å². The van der Waals surface area contributed by atoms with Crippen molar-refractivity contribution < 1.29 is 19.2 Å². The van der Waals surface area contributed by atoms with E-state index in [2.05, 4.69) is 15.1 Å². The number of thiophene rings is 1. The number of carbonyl (C=O) groups excluding carboxylic acids is 1. The highest BCUT2D eigenvalue weighted by Crippen LogP contribution is 2.30. The van der Waals surface area contributed by atoms with Crippen LogP contribution in [0, 0.1) is 6.92 Å². The Morgan fingerprint density at radius 1 is 1.21 bits per heavy atom. The van der Waals surface area contributed by atoms with E-state index in [-0.39, 0.29) is 12.4 Å². The van der Waals surface area contributed by atoms with Crippen LogP contribution in [0.1, 0.15) is 21.9 Å². The third-order valence-corrected chi connectivity index (χ3v) is 4.97. The number of carboxylic acid groups (broad SMARTS) is 1. The van der Waals surface area contributed by atoms with Gasteiger partial charge < -0.3 is 14.5 Å². The second kappa shape index (κ2) is 9.07. The molecule has 1 aromatic carbocycles. The summed E-state index contributed by atoms with van der Waals surface area (Å²) in [6.07, 6.45) is 1.50. The predicted molar refractivity (Wildman–Crippen MR) is 109 cm³/mol. The summed E-state index contributed by atoms with van der Waals surface area (Å²) >= 11 is 1.62. The van der Waals surface area contributed by atoms with Crippen LogP contribution < -0.4 is 0 Å². The number of amides is 1. The number of aromatic nitrogens is 3. The first-order valence-corrected chi connectivity index (χ1v) is 9.46. The quantitative estimate of drug-likeness (QED) is 0.512. The lowest BCUT2D eigenvalue weighted by Crippen LogP contribution is -2.26. The average molecular weight is 410 g/mol. The highest BCUT2D eigenvalue weighted by atomic mass is 32.1. The zero-order chi connectivity index (χ0) is 20.8. The fourth-order valence-corrected chi connectivity index (χ4v) is 3.64. The molecule has 0 fully saturated rings. The summed E-state index contributed by atoms with van der Waals surface area (Å²) in [5.74, 6) is 0.665. The molecular formula is C20H18N4O4S. The van der Waals surface area contributed by atoms with Crippen molar-refractivity contribution in [3.8, 4) is 11.3 Å². The van der Waals surface area contributed by atoms with Crippen molar-refractivity contribution in [2.24, 2.45) is 0 Å². The van der Waals surface area contributed by atoms with Gasteiger partial charge in [0.1, 0.15) is 17.8 Å². The largest absolute Gasteiger partial charge is 0.483 e. The first kappa shape index (κ1) is 20.2. The van der Waals surface area contributed by atoms with E-state index in [1.54, 1.807) is 29.4 Å². The minimum absolute atomic E-state index is 0.0697. The van der Waals surface area contributed by atoms with Crippen LogP contribution in [0.4, 0.5) is 0 Å². The van der Waals surface area contributed by atoms with Crippen LogP contribution in [0.15, 0.2) is 52.6 Å².